The highest BCUT2D eigenvalue weighted by molar-refractivity contribution is 7.89. The second-order valence-corrected chi connectivity index (χ2v) is 8.82. The van der Waals surface area contributed by atoms with Crippen molar-refractivity contribution in [3.8, 4) is 0 Å². The van der Waals surface area contributed by atoms with E-state index in [4.69, 9.17) is 0 Å². The number of rotatable bonds is 7. The minimum Gasteiger partial charge on any atom is -0.326 e. The van der Waals surface area contributed by atoms with E-state index in [1.165, 1.54) is 30.3 Å². The Hall–Kier alpha value is -3.03. The van der Waals surface area contributed by atoms with Crippen LogP contribution < -0.4 is 10.0 Å². The molecule has 0 aliphatic rings. The molecule has 0 fully saturated rings. The summed E-state index contributed by atoms with van der Waals surface area (Å²) in [6.45, 7) is 3.56. The molecule has 0 radical (unpaired) electrons. The Morgan fingerprint density at radius 2 is 1.63 bits per heavy atom. The number of hydrogen-bond donors (Lipinski definition) is 2. The van der Waals surface area contributed by atoms with Crippen LogP contribution in [0.2, 0.25) is 0 Å². The van der Waals surface area contributed by atoms with Crippen LogP contribution in [0, 0.1) is 19.7 Å². The Bertz CT molecular complexity index is 1130. The van der Waals surface area contributed by atoms with E-state index >= 15 is 0 Å². The summed E-state index contributed by atoms with van der Waals surface area (Å²) in [6, 6.07) is 18.7. The predicted octanol–water partition coefficient (Wildman–Crippen LogP) is 4.49. The molecule has 1 amide bonds. The van der Waals surface area contributed by atoms with E-state index in [0.29, 0.717) is 16.8 Å². The monoisotopic (exact) mass is 426 g/mol. The zero-order valence-corrected chi connectivity index (χ0v) is 17.5. The van der Waals surface area contributed by atoms with Gasteiger partial charge < -0.3 is 5.32 Å². The first kappa shape index (κ1) is 21.7. The molecule has 0 bridgehead atoms. The van der Waals surface area contributed by atoms with E-state index in [-0.39, 0.29) is 17.2 Å². The SMILES string of the molecule is Cc1ccc(S(=O)(=O)N[C@@H](CC(=O)Nc2ccc(F)cc2C)c2ccccc2)cc1. The summed E-state index contributed by atoms with van der Waals surface area (Å²) < 4.78 is 41.7. The fourth-order valence-corrected chi connectivity index (χ4v) is 4.26. The fourth-order valence-electron chi connectivity index (χ4n) is 3.04. The van der Waals surface area contributed by atoms with Crippen molar-refractivity contribution in [3.05, 3.63) is 95.3 Å². The molecule has 0 saturated heterocycles. The third-order valence-electron chi connectivity index (χ3n) is 4.68. The molecule has 0 unspecified atom stereocenters. The van der Waals surface area contributed by atoms with Gasteiger partial charge in [-0.05, 0) is 55.3 Å². The van der Waals surface area contributed by atoms with Crippen LogP contribution >= 0.6 is 0 Å². The van der Waals surface area contributed by atoms with Gasteiger partial charge in [-0.25, -0.2) is 17.5 Å². The van der Waals surface area contributed by atoms with Gasteiger partial charge in [0, 0.05) is 12.1 Å². The largest absolute Gasteiger partial charge is 0.326 e. The minimum atomic E-state index is -3.84. The van der Waals surface area contributed by atoms with Crippen LogP contribution in [0.1, 0.15) is 29.2 Å². The van der Waals surface area contributed by atoms with E-state index in [0.717, 1.165) is 5.56 Å². The van der Waals surface area contributed by atoms with Crippen LogP contribution in [0.25, 0.3) is 0 Å². The summed E-state index contributed by atoms with van der Waals surface area (Å²) in [5, 5.41) is 2.73. The summed E-state index contributed by atoms with van der Waals surface area (Å²) in [5.41, 5.74) is 2.68. The van der Waals surface area contributed by atoms with Crippen molar-refractivity contribution in [1.82, 2.24) is 4.72 Å². The molecule has 3 aromatic rings. The molecule has 0 aliphatic carbocycles. The van der Waals surface area contributed by atoms with Gasteiger partial charge in [-0.15, -0.1) is 0 Å². The maximum atomic E-state index is 13.3. The van der Waals surface area contributed by atoms with Gasteiger partial charge >= 0.3 is 0 Å². The molecule has 1 atom stereocenters. The molecule has 0 heterocycles. The van der Waals surface area contributed by atoms with Crippen LogP contribution in [0.3, 0.4) is 0 Å². The number of aryl methyl sites for hydroxylation is 2. The molecule has 0 aliphatic heterocycles. The summed E-state index contributed by atoms with van der Waals surface area (Å²) in [6.07, 6.45) is -0.119. The number of halogens is 1. The third-order valence-corrected chi connectivity index (χ3v) is 6.17. The highest BCUT2D eigenvalue weighted by Crippen LogP contribution is 2.23. The molecule has 7 heteroatoms. The number of hydrogen-bond acceptors (Lipinski definition) is 3. The van der Waals surface area contributed by atoms with Gasteiger partial charge in [0.2, 0.25) is 15.9 Å². The summed E-state index contributed by atoms with van der Waals surface area (Å²) in [4.78, 5) is 12.8. The molecular weight excluding hydrogens is 403 g/mol. The van der Waals surface area contributed by atoms with Crippen molar-refractivity contribution < 1.29 is 17.6 Å². The average Bonchev–Trinajstić information content (AvgIpc) is 2.70. The predicted molar refractivity (Wildman–Crippen MR) is 115 cm³/mol. The van der Waals surface area contributed by atoms with Crippen molar-refractivity contribution in [2.45, 2.75) is 31.2 Å². The molecule has 0 spiro atoms. The lowest BCUT2D eigenvalue weighted by molar-refractivity contribution is -0.116. The highest BCUT2D eigenvalue weighted by Gasteiger charge is 2.24. The number of nitrogens with one attached hydrogen (secondary N) is 2. The van der Waals surface area contributed by atoms with E-state index in [1.807, 2.05) is 13.0 Å². The molecule has 156 valence electrons. The van der Waals surface area contributed by atoms with Crippen molar-refractivity contribution in [2.75, 3.05) is 5.32 Å². The van der Waals surface area contributed by atoms with E-state index < -0.39 is 21.9 Å². The van der Waals surface area contributed by atoms with Crippen LogP contribution in [0.5, 0.6) is 0 Å². The molecule has 30 heavy (non-hydrogen) atoms. The fraction of sp³-hybridized carbons (Fsp3) is 0.174. The van der Waals surface area contributed by atoms with Crippen molar-refractivity contribution in [2.24, 2.45) is 0 Å². The number of anilines is 1. The lowest BCUT2D eigenvalue weighted by Gasteiger charge is -2.19. The normalized spacial score (nSPS) is 12.4. The smallest absolute Gasteiger partial charge is 0.241 e. The van der Waals surface area contributed by atoms with Gasteiger partial charge in [0.15, 0.2) is 0 Å². The van der Waals surface area contributed by atoms with Crippen molar-refractivity contribution >= 4 is 21.6 Å². The summed E-state index contributed by atoms with van der Waals surface area (Å²) >= 11 is 0. The lowest BCUT2D eigenvalue weighted by Crippen LogP contribution is -2.31. The van der Waals surface area contributed by atoms with Gasteiger partial charge in [-0.3, -0.25) is 4.79 Å². The van der Waals surface area contributed by atoms with E-state index in [2.05, 4.69) is 10.0 Å². The minimum absolute atomic E-state index is 0.119. The molecule has 3 aromatic carbocycles. The highest BCUT2D eigenvalue weighted by atomic mass is 32.2. The Kier molecular flexibility index (Phi) is 6.64. The van der Waals surface area contributed by atoms with Gasteiger partial charge in [0.05, 0.1) is 10.9 Å². The zero-order chi connectivity index (χ0) is 21.7. The zero-order valence-electron chi connectivity index (χ0n) is 16.7. The standard InChI is InChI=1S/C23H23FN2O3S/c1-16-8-11-20(12-9-16)30(28,29)26-22(18-6-4-3-5-7-18)15-23(27)25-21-13-10-19(24)14-17(21)2/h3-14,22,26H,15H2,1-2H3,(H,25,27)/t22-/m0/s1. The van der Waals surface area contributed by atoms with Crippen molar-refractivity contribution in [3.63, 3.8) is 0 Å². The number of carbonyl (C=O) groups excluding carboxylic acids is 1. The van der Waals surface area contributed by atoms with Crippen LogP contribution in [0.15, 0.2) is 77.7 Å². The quantitative estimate of drug-likeness (QED) is 0.584. The first-order chi connectivity index (χ1) is 14.2. The molecule has 0 saturated carbocycles. The van der Waals surface area contributed by atoms with Crippen LogP contribution in [-0.2, 0) is 14.8 Å². The number of amides is 1. The maximum Gasteiger partial charge on any atom is 0.241 e. The summed E-state index contributed by atoms with van der Waals surface area (Å²) in [7, 11) is -3.84. The third kappa shape index (κ3) is 5.52. The van der Waals surface area contributed by atoms with E-state index in [9.17, 15) is 17.6 Å². The Balaban J connectivity index is 1.82. The number of sulfonamides is 1. The van der Waals surface area contributed by atoms with E-state index in [1.54, 1.807) is 43.3 Å². The second kappa shape index (κ2) is 9.19. The average molecular weight is 427 g/mol. The van der Waals surface area contributed by atoms with Crippen molar-refractivity contribution in [1.29, 1.82) is 0 Å². The molecular formula is C23H23FN2O3S. The molecule has 5 nitrogen and oxygen atoms in total. The molecule has 3 rings (SSSR count). The summed E-state index contributed by atoms with van der Waals surface area (Å²) in [5.74, 6) is -0.774. The number of benzene rings is 3. The van der Waals surface area contributed by atoms with Gasteiger partial charge in [-0.2, -0.15) is 0 Å². The Labute approximate surface area is 176 Å². The molecule has 0 aromatic heterocycles. The lowest BCUT2D eigenvalue weighted by atomic mass is 10.0. The second-order valence-electron chi connectivity index (χ2n) is 7.11. The topological polar surface area (TPSA) is 75.3 Å². The van der Waals surface area contributed by atoms with Gasteiger partial charge in [0.1, 0.15) is 5.82 Å². The maximum absolute atomic E-state index is 13.3. The first-order valence-corrected chi connectivity index (χ1v) is 10.9. The Morgan fingerprint density at radius 3 is 2.27 bits per heavy atom. The van der Waals surface area contributed by atoms with Crippen LogP contribution in [0.4, 0.5) is 10.1 Å². The number of carbonyl (C=O) groups is 1. The molecule has 2 N–H and O–H groups in total. The van der Waals surface area contributed by atoms with Gasteiger partial charge in [-0.1, -0.05) is 48.0 Å². The first-order valence-electron chi connectivity index (χ1n) is 9.44. The Morgan fingerprint density at radius 1 is 0.967 bits per heavy atom. The van der Waals surface area contributed by atoms with Gasteiger partial charge in [0.25, 0.3) is 0 Å². The van der Waals surface area contributed by atoms with Crippen LogP contribution in [-0.4, -0.2) is 14.3 Å².